The molecule has 22 heavy (non-hydrogen) atoms. The molecule has 116 valence electrons. The molecule has 2 aromatic heterocycles. The summed E-state index contributed by atoms with van der Waals surface area (Å²) in [6, 6.07) is 10.9. The fourth-order valence-electron chi connectivity index (χ4n) is 3.12. The van der Waals surface area contributed by atoms with Crippen molar-refractivity contribution in [2.45, 2.75) is 20.8 Å². The third-order valence-electron chi connectivity index (χ3n) is 3.90. The molecule has 0 aliphatic carbocycles. The maximum absolute atomic E-state index is 2.24. The van der Waals surface area contributed by atoms with Gasteiger partial charge in [0.05, 0.1) is 0 Å². The van der Waals surface area contributed by atoms with Gasteiger partial charge in [-0.25, -0.2) is 4.57 Å². The number of imidazole rings is 1. The minimum Gasteiger partial charge on any atom is -1.00 e. The number of benzene rings is 1. The highest BCUT2D eigenvalue weighted by atomic mass is 35.5. The highest BCUT2D eigenvalue weighted by Crippen LogP contribution is 2.19. The number of fused-ring (bicyclic) bond motifs is 1. The number of halogens is 1. The molecule has 0 amide bonds. The fraction of sp³-hybridized carbons (Fsp3) is 0.278. The molecular formula is C18H22ClN3. The van der Waals surface area contributed by atoms with Gasteiger partial charge in [-0.2, -0.15) is 4.40 Å². The SMILES string of the molecule is Cc1cc(C)c(-[n+]2cc3cccc(N(C)C)n3c2)c(C)c1.[Cl-]. The van der Waals surface area contributed by atoms with Crippen LogP contribution in [0.25, 0.3) is 11.2 Å². The van der Waals surface area contributed by atoms with Crippen LogP contribution in [0.2, 0.25) is 0 Å². The molecule has 0 saturated heterocycles. The van der Waals surface area contributed by atoms with E-state index >= 15 is 0 Å². The Morgan fingerprint density at radius 3 is 2.23 bits per heavy atom. The quantitative estimate of drug-likeness (QED) is 0.616. The molecule has 0 aliphatic heterocycles. The second kappa shape index (κ2) is 6.01. The van der Waals surface area contributed by atoms with Gasteiger partial charge in [-0.1, -0.05) is 23.8 Å². The van der Waals surface area contributed by atoms with Crippen molar-refractivity contribution in [3.63, 3.8) is 0 Å². The number of anilines is 1. The maximum Gasteiger partial charge on any atom is 0.255 e. The summed E-state index contributed by atoms with van der Waals surface area (Å²) in [5.41, 5.74) is 6.39. The summed E-state index contributed by atoms with van der Waals surface area (Å²) in [6.45, 7) is 6.50. The van der Waals surface area contributed by atoms with Gasteiger partial charge in [0.15, 0.2) is 5.52 Å². The highest BCUT2D eigenvalue weighted by Gasteiger charge is 2.16. The standard InChI is InChI=1S/C18H22N3.ClH/c1-13-9-14(2)18(15(3)10-13)20-11-16-7-6-8-17(19(4)5)21(16)12-20;/h6-12H,1-5H3;1H/q+1;/p-1. The van der Waals surface area contributed by atoms with E-state index in [2.05, 4.69) is 91.6 Å². The van der Waals surface area contributed by atoms with Gasteiger partial charge in [0.1, 0.15) is 11.9 Å². The van der Waals surface area contributed by atoms with Crippen LogP contribution in [0.4, 0.5) is 5.82 Å². The van der Waals surface area contributed by atoms with E-state index in [4.69, 9.17) is 0 Å². The first-order valence-corrected chi connectivity index (χ1v) is 7.25. The lowest BCUT2D eigenvalue weighted by Gasteiger charge is -2.09. The van der Waals surface area contributed by atoms with Gasteiger partial charge in [-0.3, -0.25) is 0 Å². The van der Waals surface area contributed by atoms with Crippen molar-refractivity contribution >= 4 is 11.3 Å². The molecule has 0 fully saturated rings. The van der Waals surface area contributed by atoms with Crippen LogP contribution in [0, 0.1) is 20.8 Å². The van der Waals surface area contributed by atoms with Gasteiger partial charge >= 0.3 is 0 Å². The number of aryl methyl sites for hydroxylation is 3. The van der Waals surface area contributed by atoms with E-state index in [9.17, 15) is 0 Å². The third-order valence-corrected chi connectivity index (χ3v) is 3.90. The van der Waals surface area contributed by atoms with Gasteiger partial charge in [-0.15, -0.1) is 0 Å². The number of rotatable bonds is 2. The summed E-state index contributed by atoms with van der Waals surface area (Å²) < 4.78 is 4.45. The molecule has 3 aromatic rings. The Hall–Kier alpha value is -2.00. The fourth-order valence-corrected chi connectivity index (χ4v) is 3.12. The molecule has 0 bridgehead atoms. The molecule has 0 saturated carbocycles. The van der Waals surface area contributed by atoms with Crippen LogP contribution >= 0.6 is 0 Å². The van der Waals surface area contributed by atoms with Crippen LogP contribution in [0.5, 0.6) is 0 Å². The molecule has 1 aromatic carbocycles. The van der Waals surface area contributed by atoms with E-state index in [1.807, 2.05) is 0 Å². The molecule has 0 aliphatic rings. The maximum atomic E-state index is 2.24. The molecule has 0 radical (unpaired) electrons. The second-order valence-corrected chi connectivity index (χ2v) is 5.97. The Bertz CT molecular complexity index is 795. The smallest absolute Gasteiger partial charge is 0.255 e. The molecule has 2 heterocycles. The van der Waals surface area contributed by atoms with E-state index in [1.165, 1.54) is 33.7 Å². The molecule has 0 unspecified atom stereocenters. The van der Waals surface area contributed by atoms with E-state index in [1.54, 1.807) is 0 Å². The Morgan fingerprint density at radius 2 is 1.64 bits per heavy atom. The Labute approximate surface area is 138 Å². The molecule has 0 spiro atoms. The second-order valence-electron chi connectivity index (χ2n) is 5.97. The summed E-state index contributed by atoms with van der Waals surface area (Å²) in [7, 11) is 4.14. The average Bonchev–Trinajstić information content (AvgIpc) is 2.79. The summed E-state index contributed by atoms with van der Waals surface area (Å²) in [4.78, 5) is 2.13. The summed E-state index contributed by atoms with van der Waals surface area (Å²) >= 11 is 0. The lowest BCUT2D eigenvalue weighted by molar-refractivity contribution is -0.594. The van der Waals surface area contributed by atoms with E-state index < -0.39 is 0 Å². The minimum atomic E-state index is 0. The van der Waals surface area contributed by atoms with E-state index in [0.717, 1.165) is 0 Å². The van der Waals surface area contributed by atoms with E-state index in [0.29, 0.717) is 0 Å². The van der Waals surface area contributed by atoms with E-state index in [-0.39, 0.29) is 12.4 Å². The minimum absolute atomic E-state index is 0. The van der Waals surface area contributed by atoms with Crippen molar-refractivity contribution in [3.05, 3.63) is 59.5 Å². The predicted molar refractivity (Wildman–Crippen MR) is 87.5 cm³/mol. The molecule has 3 rings (SSSR count). The molecule has 0 atom stereocenters. The molecule has 3 nitrogen and oxygen atoms in total. The highest BCUT2D eigenvalue weighted by molar-refractivity contribution is 5.54. The van der Waals surface area contributed by atoms with Crippen molar-refractivity contribution in [2.75, 3.05) is 19.0 Å². The largest absolute Gasteiger partial charge is 1.00 e. The van der Waals surface area contributed by atoms with Crippen molar-refractivity contribution in [1.29, 1.82) is 0 Å². The lowest BCUT2D eigenvalue weighted by Crippen LogP contribution is -3.00. The Morgan fingerprint density at radius 1 is 1.00 bits per heavy atom. The van der Waals surface area contributed by atoms with Crippen molar-refractivity contribution in [2.24, 2.45) is 0 Å². The first-order chi connectivity index (χ1) is 9.97. The zero-order valence-electron chi connectivity index (χ0n) is 13.8. The first-order valence-electron chi connectivity index (χ1n) is 7.25. The normalized spacial score (nSPS) is 10.6. The summed E-state index contributed by atoms with van der Waals surface area (Å²) in [5.74, 6) is 1.17. The van der Waals surface area contributed by atoms with Gasteiger partial charge in [-0.05, 0) is 38.0 Å². The number of nitrogens with zero attached hydrogens (tertiary/aromatic N) is 3. The average molecular weight is 316 g/mol. The Balaban J connectivity index is 0.00000176. The summed E-state index contributed by atoms with van der Waals surface area (Å²) in [6.07, 6.45) is 4.35. The van der Waals surface area contributed by atoms with Gasteiger partial charge in [0.25, 0.3) is 6.33 Å². The van der Waals surface area contributed by atoms with Crippen LogP contribution < -0.4 is 21.9 Å². The number of pyridine rings is 1. The number of hydrogen-bond acceptors (Lipinski definition) is 1. The van der Waals surface area contributed by atoms with Crippen molar-refractivity contribution in [3.8, 4) is 5.69 Å². The van der Waals surface area contributed by atoms with Crippen LogP contribution in [-0.4, -0.2) is 18.5 Å². The van der Waals surface area contributed by atoms with Crippen LogP contribution in [0.15, 0.2) is 42.9 Å². The number of aromatic nitrogens is 2. The van der Waals surface area contributed by atoms with Gasteiger partial charge < -0.3 is 17.3 Å². The zero-order valence-corrected chi connectivity index (χ0v) is 14.5. The topological polar surface area (TPSA) is 11.5 Å². The molecular weight excluding hydrogens is 294 g/mol. The zero-order chi connectivity index (χ0) is 15.1. The monoisotopic (exact) mass is 315 g/mol. The first kappa shape index (κ1) is 16.4. The van der Waals surface area contributed by atoms with Gasteiger partial charge in [0, 0.05) is 20.2 Å². The van der Waals surface area contributed by atoms with Gasteiger partial charge in [0.2, 0.25) is 5.82 Å². The third kappa shape index (κ3) is 2.69. The predicted octanol–water partition coefficient (Wildman–Crippen LogP) is 0.211. The molecule has 4 heteroatoms. The molecule has 0 N–H and O–H groups in total. The van der Waals surface area contributed by atoms with Crippen LogP contribution in [0.3, 0.4) is 0 Å². The number of hydrogen-bond donors (Lipinski definition) is 0. The van der Waals surface area contributed by atoms with Crippen LogP contribution in [0.1, 0.15) is 16.7 Å². The lowest BCUT2D eigenvalue weighted by atomic mass is 10.1. The van der Waals surface area contributed by atoms with Crippen molar-refractivity contribution in [1.82, 2.24) is 4.40 Å². The van der Waals surface area contributed by atoms with Crippen LogP contribution in [-0.2, 0) is 0 Å². The summed E-state index contributed by atoms with van der Waals surface area (Å²) in [5, 5.41) is 0. The Kier molecular flexibility index (Phi) is 4.47. The van der Waals surface area contributed by atoms with Crippen molar-refractivity contribution < 1.29 is 17.0 Å².